The van der Waals surface area contributed by atoms with Crippen molar-refractivity contribution < 1.29 is 18.9 Å². The second kappa shape index (κ2) is 10.3. The lowest BCUT2D eigenvalue weighted by atomic mass is 10.1. The number of methoxy groups -OCH3 is 2. The van der Waals surface area contributed by atoms with Gasteiger partial charge < -0.3 is 35.4 Å². The van der Waals surface area contributed by atoms with Crippen LogP contribution in [-0.4, -0.2) is 51.5 Å². The van der Waals surface area contributed by atoms with E-state index in [1.165, 1.54) is 6.08 Å². The Balaban J connectivity index is 2.46. The average Bonchev–Trinajstić information content (AvgIpc) is 2.62. The highest BCUT2D eigenvalue weighted by atomic mass is 16.5. The molecule has 0 unspecified atom stereocenters. The summed E-state index contributed by atoms with van der Waals surface area (Å²) in [5.74, 6) is 1.44. The van der Waals surface area contributed by atoms with Crippen molar-refractivity contribution in [3.63, 3.8) is 0 Å². The maximum atomic E-state index is 12.5. The summed E-state index contributed by atoms with van der Waals surface area (Å²) in [6, 6.07) is 5.06. The Morgan fingerprint density at radius 1 is 1.04 bits per heavy atom. The maximum absolute atomic E-state index is 12.5. The number of nitrogens with two attached hydrogens (primary N) is 2. The number of hydrogen-bond acceptors (Lipinski definition) is 7. The van der Waals surface area contributed by atoms with E-state index in [2.05, 4.69) is 9.98 Å². The highest BCUT2D eigenvalue weighted by Gasteiger charge is 2.11. The Hall–Kier alpha value is -3.04. The molecule has 9 nitrogen and oxygen atoms in total. The topological polar surface area (TPSA) is 134 Å². The lowest BCUT2D eigenvalue weighted by molar-refractivity contribution is 0.132. The van der Waals surface area contributed by atoms with Crippen LogP contribution in [0.3, 0.4) is 0 Å². The molecule has 1 aromatic heterocycles. The minimum absolute atomic E-state index is 0.186. The molecule has 0 bridgehead atoms. The molecule has 28 heavy (non-hydrogen) atoms. The van der Waals surface area contributed by atoms with Gasteiger partial charge in [-0.15, -0.1) is 0 Å². The van der Waals surface area contributed by atoms with Crippen LogP contribution in [0.1, 0.15) is 6.92 Å². The molecular weight excluding hydrogens is 364 g/mol. The molecule has 0 atom stereocenters. The summed E-state index contributed by atoms with van der Waals surface area (Å²) in [7, 11) is 3.17. The number of rotatable bonds is 10. The number of benzene rings is 1. The second-order valence-corrected chi connectivity index (χ2v) is 5.98. The minimum Gasteiger partial charge on any atom is -0.487 e. The summed E-state index contributed by atoms with van der Waals surface area (Å²) in [5, 5.41) is 1.07. The van der Waals surface area contributed by atoms with Gasteiger partial charge in [-0.3, -0.25) is 4.79 Å². The largest absolute Gasteiger partial charge is 0.487 e. The zero-order valence-electron chi connectivity index (χ0n) is 16.3. The van der Waals surface area contributed by atoms with Crippen molar-refractivity contribution in [2.24, 2.45) is 16.5 Å². The van der Waals surface area contributed by atoms with Gasteiger partial charge in [0.1, 0.15) is 24.9 Å². The van der Waals surface area contributed by atoms with Gasteiger partial charge in [0.25, 0.3) is 5.56 Å². The van der Waals surface area contributed by atoms with E-state index in [0.717, 1.165) is 0 Å². The van der Waals surface area contributed by atoms with E-state index >= 15 is 0 Å². The van der Waals surface area contributed by atoms with Crippen LogP contribution >= 0.6 is 0 Å². The molecule has 0 fully saturated rings. The zero-order valence-corrected chi connectivity index (χ0v) is 16.3. The van der Waals surface area contributed by atoms with Gasteiger partial charge in [-0.25, -0.2) is 4.99 Å². The van der Waals surface area contributed by atoms with Crippen molar-refractivity contribution in [1.29, 1.82) is 0 Å². The zero-order chi connectivity index (χ0) is 20.5. The van der Waals surface area contributed by atoms with Crippen LogP contribution in [0, 0.1) is 0 Å². The van der Waals surface area contributed by atoms with Crippen molar-refractivity contribution in [1.82, 2.24) is 4.98 Å². The highest BCUT2D eigenvalue weighted by molar-refractivity contribution is 5.94. The van der Waals surface area contributed by atoms with Crippen LogP contribution in [0.25, 0.3) is 10.8 Å². The summed E-state index contributed by atoms with van der Waals surface area (Å²) >= 11 is 0. The van der Waals surface area contributed by atoms with Gasteiger partial charge >= 0.3 is 0 Å². The fraction of sp³-hybridized carbons (Fsp3) is 0.368. The summed E-state index contributed by atoms with van der Waals surface area (Å²) < 4.78 is 21.5. The van der Waals surface area contributed by atoms with Crippen molar-refractivity contribution in [2.75, 3.05) is 40.6 Å². The first-order valence-electron chi connectivity index (χ1n) is 8.67. The Labute approximate surface area is 162 Å². The molecule has 1 heterocycles. The van der Waals surface area contributed by atoms with Gasteiger partial charge in [0.15, 0.2) is 11.5 Å². The van der Waals surface area contributed by atoms with E-state index in [1.54, 1.807) is 39.3 Å². The van der Waals surface area contributed by atoms with Crippen LogP contribution in [0.4, 0.5) is 5.82 Å². The molecule has 0 aliphatic carbocycles. The third-order valence-electron chi connectivity index (χ3n) is 3.61. The van der Waals surface area contributed by atoms with Gasteiger partial charge in [-0.2, -0.15) is 0 Å². The molecule has 5 N–H and O–H groups in total. The van der Waals surface area contributed by atoms with Gasteiger partial charge in [0, 0.05) is 19.9 Å². The van der Waals surface area contributed by atoms with Crippen molar-refractivity contribution in [2.45, 2.75) is 6.92 Å². The van der Waals surface area contributed by atoms with E-state index in [0.29, 0.717) is 60.2 Å². The molecule has 9 heteroatoms. The van der Waals surface area contributed by atoms with E-state index < -0.39 is 0 Å². The van der Waals surface area contributed by atoms with E-state index in [9.17, 15) is 4.79 Å². The first-order valence-corrected chi connectivity index (χ1v) is 8.67. The number of fused-ring (bicyclic) bond motifs is 1. The van der Waals surface area contributed by atoms with Crippen molar-refractivity contribution in [3.8, 4) is 11.5 Å². The van der Waals surface area contributed by atoms with Gasteiger partial charge in [0.05, 0.1) is 18.6 Å². The van der Waals surface area contributed by atoms with Gasteiger partial charge in [0.2, 0.25) is 0 Å². The number of aromatic nitrogens is 1. The summed E-state index contributed by atoms with van der Waals surface area (Å²) in [4.78, 5) is 19.4. The Kier molecular flexibility index (Phi) is 7.85. The number of nitrogens with zero attached hydrogens (tertiary/aromatic N) is 1. The van der Waals surface area contributed by atoms with Crippen molar-refractivity contribution in [3.05, 3.63) is 40.3 Å². The van der Waals surface area contributed by atoms with Crippen LogP contribution in [-0.2, 0) is 9.47 Å². The van der Waals surface area contributed by atoms with E-state index in [-0.39, 0.29) is 11.4 Å². The molecule has 2 aromatic rings. The number of ether oxygens (including phenoxy) is 4. The molecule has 0 spiro atoms. The van der Waals surface area contributed by atoms with Crippen molar-refractivity contribution >= 4 is 22.4 Å². The molecule has 0 saturated heterocycles. The predicted molar refractivity (Wildman–Crippen MR) is 109 cm³/mol. The van der Waals surface area contributed by atoms with Crippen LogP contribution < -0.4 is 26.5 Å². The number of allylic oxidation sites excluding steroid dienone is 1. The number of pyridine rings is 1. The molecule has 0 aliphatic heterocycles. The Morgan fingerprint density at radius 3 is 2.21 bits per heavy atom. The van der Waals surface area contributed by atoms with Crippen LogP contribution in [0.5, 0.6) is 11.5 Å². The van der Waals surface area contributed by atoms with Crippen LogP contribution in [0.2, 0.25) is 0 Å². The van der Waals surface area contributed by atoms with Gasteiger partial charge in [-0.1, -0.05) is 0 Å². The standard InChI is InChI=1S/C19H26N4O5/c1-12(20)8-17(21)22-18-10-13-9-15(27-6-4-25-2)16(28-7-5-26-3)11-14(13)19(24)23-18/h8-11H,4-7,20H2,1-3H3,(H3,21,22,23,24)/b12-8-. The predicted octanol–water partition coefficient (Wildman–Crippen LogP) is 1.43. The van der Waals surface area contributed by atoms with E-state index in [4.69, 9.17) is 30.4 Å². The molecule has 0 amide bonds. The number of hydrogen-bond donors (Lipinski definition) is 3. The third kappa shape index (κ3) is 6.00. The lowest BCUT2D eigenvalue weighted by Crippen LogP contribution is -2.12. The SMILES string of the molecule is COCCOc1cc2cc(/N=C(N)\C=C(\C)N)[nH]c(=O)c2cc1OCCOC. The number of H-pyrrole nitrogens is 1. The first kappa shape index (κ1) is 21.3. The minimum atomic E-state index is -0.322. The monoisotopic (exact) mass is 390 g/mol. The first-order chi connectivity index (χ1) is 13.4. The molecule has 2 rings (SSSR count). The molecule has 0 radical (unpaired) electrons. The Bertz CT molecular complexity index is 916. The quantitative estimate of drug-likeness (QED) is 0.317. The maximum Gasteiger partial charge on any atom is 0.257 e. The van der Waals surface area contributed by atoms with Crippen LogP contribution in [0.15, 0.2) is 39.8 Å². The summed E-state index contributed by atoms with van der Waals surface area (Å²) in [6.45, 7) is 3.18. The highest BCUT2D eigenvalue weighted by Crippen LogP contribution is 2.32. The fourth-order valence-corrected chi connectivity index (χ4v) is 2.42. The van der Waals surface area contributed by atoms with E-state index in [1.807, 2.05) is 0 Å². The molecule has 0 aliphatic rings. The molecule has 1 aromatic carbocycles. The number of aromatic amines is 1. The fourth-order valence-electron chi connectivity index (χ4n) is 2.42. The summed E-state index contributed by atoms with van der Waals surface area (Å²) in [5.41, 5.74) is 11.6. The third-order valence-corrected chi connectivity index (χ3v) is 3.61. The van der Waals surface area contributed by atoms with Gasteiger partial charge in [-0.05, 0) is 36.6 Å². The molecule has 0 saturated carbocycles. The summed E-state index contributed by atoms with van der Waals surface area (Å²) in [6.07, 6.45) is 1.51. The lowest BCUT2D eigenvalue weighted by Gasteiger charge is -2.14. The molecule has 152 valence electrons. The normalized spacial score (nSPS) is 12.4. The number of amidine groups is 1. The second-order valence-electron chi connectivity index (χ2n) is 5.98. The molecular formula is C19H26N4O5. The Morgan fingerprint density at radius 2 is 1.64 bits per heavy atom. The average molecular weight is 390 g/mol. The smallest absolute Gasteiger partial charge is 0.257 e. The number of aliphatic imine (C=N–C) groups is 1. The number of nitrogens with one attached hydrogen (secondary N) is 1.